The second-order valence-electron chi connectivity index (χ2n) is 5.19. The quantitative estimate of drug-likeness (QED) is 0.549. The van der Waals surface area contributed by atoms with Crippen molar-refractivity contribution in [2.45, 2.75) is 9.92 Å². The number of nitrogens with zero attached hydrogens (tertiary/aromatic N) is 3. The predicted molar refractivity (Wildman–Crippen MR) is 95.5 cm³/mol. The molecule has 0 N–H and O–H groups in total. The van der Waals surface area contributed by atoms with Crippen molar-refractivity contribution >= 4 is 17.4 Å². The third-order valence-corrected chi connectivity index (χ3v) is 4.55. The van der Waals surface area contributed by atoms with Crippen LogP contribution in [0.4, 0.5) is 0 Å². The first-order valence-corrected chi connectivity index (χ1v) is 8.39. The molecule has 0 saturated carbocycles. The summed E-state index contributed by atoms with van der Waals surface area (Å²) in [5.74, 6) is 0.645. The highest BCUT2D eigenvalue weighted by Crippen LogP contribution is 2.32. The number of imidazole rings is 1. The summed E-state index contributed by atoms with van der Waals surface area (Å²) in [6, 6.07) is 24.1. The van der Waals surface area contributed by atoms with Gasteiger partial charge in [-0.2, -0.15) is 9.61 Å². The molecule has 0 fully saturated rings. The Kier molecular flexibility index (Phi) is 3.92. The average molecular weight is 333 g/mol. The van der Waals surface area contributed by atoms with Crippen LogP contribution in [0.1, 0.15) is 0 Å². The topological polar surface area (TPSA) is 39.4 Å². The van der Waals surface area contributed by atoms with Crippen LogP contribution in [-0.4, -0.2) is 21.7 Å². The van der Waals surface area contributed by atoms with Gasteiger partial charge in [-0.15, -0.1) is 0 Å². The second kappa shape index (κ2) is 6.37. The molecule has 4 nitrogen and oxygen atoms in total. The minimum atomic E-state index is 0.645. The van der Waals surface area contributed by atoms with Crippen molar-refractivity contribution in [2.75, 3.05) is 7.11 Å². The largest absolute Gasteiger partial charge is 0.479 e. The fourth-order valence-corrected chi connectivity index (χ4v) is 3.32. The summed E-state index contributed by atoms with van der Waals surface area (Å²) in [5.41, 5.74) is 2.58. The van der Waals surface area contributed by atoms with Gasteiger partial charge in [0.15, 0.2) is 5.65 Å². The standard InChI is InChI=1S/C19H15N3OS/c1-23-19-18(14-8-4-2-5-9-14)20-16-12-13-17(21-22(16)19)24-15-10-6-3-7-11-15/h2-13H,1H3. The van der Waals surface area contributed by atoms with Crippen LogP contribution in [0.15, 0.2) is 82.7 Å². The number of methoxy groups -OCH3 is 1. The Morgan fingerprint density at radius 3 is 2.29 bits per heavy atom. The molecule has 0 aliphatic carbocycles. The van der Waals surface area contributed by atoms with Crippen LogP contribution in [0.2, 0.25) is 0 Å². The van der Waals surface area contributed by atoms with Gasteiger partial charge in [-0.05, 0) is 24.3 Å². The minimum Gasteiger partial charge on any atom is -0.479 e. The number of benzene rings is 2. The van der Waals surface area contributed by atoms with E-state index in [0.29, 0.717) is 5.88 Å². The summed E-state index contributed by atoms with van der Waals surface area (Å²) in [5, 5.41) is 5.57. The molecule has 2 heterocycles. The van der Waals surface area contributed by atoms with Gasteiger partial charge in [0.2, 0.25) is 5.88 Å². The van der Waals surface area contributed by atoms with Crippen LogP contribution in [0.25, 0.3) is 16.9 Å². The normalized spacial score (nSPS) is 10.9. The second-order valence-corrected chi connectivity index (χ2v) is 6.29. The molecule has 0 bridgehead atoms. The van der Waals surface area contributed by atoms with Gasteiger partial charge in [0, 0.05) is 10.5 Å². The van der Waals surface area contributed by atoms with E-state index in [9.17, 15) is 0 Å². The van der Waals surface area contributed by atoms with Crippen molar-refractivity contribution in [1.29, 1.82) is 0 Å². The molecule has 4 aromatic rings. The van der Waals surface area contributed by atoms with E-state index in [1.807, 2.05) is 60.7 Å². The minimum absolute atomic E-state index is 0.645. The molecule has 2 aromatic carbocycles. The smallest absolute Gasteiger partial charge is 0.243 e. The number of ether oxygens (including phenoxy) is 1. The molecule has 0 aliphatic rings. The van der Waals surface area contributed by atoms with Crippen molar-refractivity contribution in [3.8, 4) is 17.1 Å². The molecule has 0 aliphatic heterocycles. The van der Waals surface area contributed by atoms with E-state index in [2.05, 4.69) is 22.2 Å². The predicted octanol–water partition coefficient (Wildman–Crippen LogP) is 4.56. The summed E-state index contributed by atoms with van der Waals surface area (Å²) in [7, 11) is 1.65. The fourth-order valence-electron chi connectivity index (χ4n) is 2.53. The van der Waals surface area contributed by atoms with Gasteiger partial charge >= 0.3 is 0 Å². The fraction of sp³-hybridized carbons (Fsp3) is 0.0526. The van der Waals surface area contributed by atoms with Crippen LogP contribution >= 0.6 is 11.8 Å². The Bertz CT molecular complexity index is 968. The lowest BCUT2D eigenvalue weighted by Crippen LogP contribution is -1.97. The first-order chi connectivity index (χ1) is 11.8. The maximum absolute atomic E-state index is 5.59. The van der Waals surface area contributed by atoms with Crippen LogP contribution in [0, 0.1) is 0 Å². The zero-order chi connectivity index (χ0) is 16.4. The molecule has 2 aromatic heterocycles. The number of hydrogen-bond acceptors (Lipinski definition) is 4. The van der Waals surface area contributed by atoms with Crippen molar-refractivity contribution in [3.63, 3.8) is 0 Å². The zero-order valence-electron chi connectivity index (χ0n) is 13.1. The zero-order valence-corrected chi connectivity index (χ0v) is 13.9. The van der Waals surface area contributed by atoms with E-state index < -0.39 is 0 Å². The Hall–Kier alpha value is -2.79. The Morgan fingerprint density at radius 2 is 1.58 bits per heavy atom. The van der Waals surface area contributed by atoms with Crippen LogP contribution in [0.5, 0.6) is 5.88 Å². The molecular formula is C19H15N3OS. The summed E-state index contributed by atoms with van der Waals surface area (Å²) < 4.78 is 7.34. The maximum Gasteiger partial charge on any atom is 0.243 e. The molecule has 0 saturated heterocycles. The third-order valence-electron chi connectivity index (χ3n) is 3.62. The molecule has 0 unspecified atom stereocenters. The Labute approximate surface area is 144 Å². The molecule has 4 rings (SSSR count). The van der Waals surface area contributed by atoms with E-state index in [-0.39, 0.29) is 0 Å². The summed E-state index contributed by atoms with van der Waals surface area (Å²) in [6.07, 6.45) is 0. The first kappa shape index (κ1) is 14.8. The molecule has 5 heteroatoms. The van der Waals surface area contributed by atoms with E-state index in [0.717, 1.165) is 26.8 Å². The van der Waals surface area contributed by atoms with Gasteiger partial charge < -0.3 is 4.74 Å². The summed E-state index contributed by atoms with van der Waals surface area (Å²) in [4.78, 5) is 5.81. The average Bonchev–Trinajstić information content (AvgIpc) is 3.01. The van der Waals surface area contributed by atoms with Crippen molar-refractivity contribution in [1.82, 2.24) is 14.6 Å². The summed E-state index contributed by atoms with van der Waals surface area (Å²) in [6.45, 7) is 0. The lowest BCUT2D eigenvalue weighted by atomic mass is 10.2. The molecule has 0 amide bonds. The first-order valence-electron chi connectivity index (χ1n) is 7.57. The van der Waals surface area contributed by atoms with Gasteiger partial charge in [0.05, 0.1) is 7.11 Å². The molecule has 118 valence electrons. The van der Waals surface area contributed by atoms with Crippen molar-refractivity contribution < 1.29 is 4.74 Å². The summed E-state index contributed by atoms with van der Waals surface area (Å²) >= 11 is 1.61. The van der Waals surface area contributed by atoms with E-state index in [1.165, 1.54) is 0 Å². The SMILES string of the molecule is COc1c(-c2ccccc2)nc2ccc(Sc3ccccc3)nn12. The van der Waals surface area contributed by atoms with Crippen molar-refractivity contribution in [3.05, 3.63) is 72.8 Å². The number of hydrogen-bond donors (Lipinski definition) is 0. The molecule has 0 atom stereocenters. The van der Waals surface area contributed by atoms with Gasteiger partial charge in [-0.3, -0.25) is 0 Å². The van der Waals surface area contributed by atoms with Gasteiger partial charge in [0.25, 0.3) is 0 Å². The van der Waals surface area contributed by atoms with E-state index in [1.54, 1.807) is 23.4 Å². The van der Waals surface area contributed by atoms with Gasteiger partial charge in [-0.1, -0.05) is 60.3 Å². The van der Waals surface area contributed by atoms with E-state index >= 15 is 0 Å². The number of rotatable bonds is 4. The van der Waals surface area contributed by atoms with Gasteiger partial charge in [0.1, 0.15) is 10.7 Å². The monoisotopic (exact) mass is 333 g/mol. The molecule has 24 heavy (non-hydrogen) atoms. The highest BCUT2D eigenvalue weighted by molar-refractivity contribution is 7.99. The lowest BCUT2D eigenvalue weighted by Gasteiger charge is -2.04. The lowest BCUT2D eigenvalue weighted by molar-refractivity contribution is 0.387. The van der Waals surface area contributed by atoms with Gasteiger partial charge in [-0.25, -0.2) is 4.98 Å². The van der Waals surface area contributed by atoms with Crippen LogP contribution < -0.4 is 4.74 Å². The highest BCUT2D eigenvalue weighted by atomic mass is 32.2. The number of aromatic nitrogens is 3. The highest BCUT2D eigenvalue weighted by Gasteiger charge is 2.16. The van der Waals surface area contributed by atoms with Crippen molar-refractivity contribution in [2.24, 2.45) is 0 Å². The van der Waals surface area contributed by atoms with Crippen LogP contribution in [0.3, 0.4) is 0 Å². The molecule has 0 spiro atoms. The maximum atomic E-state index is 5.59. The third kappa shape index (κ3) is 2.74. The molecular weight excluding hydrogens is 318 g/mol. The van der Waals surface area contributed by atoms with Crippen LogP contribution in [-0.2, 0) is 0 Å². The molecule has 0 radical (unpaired) electrons. The Morgan fingerprint density at radius 1 is 0.875 bits per heavy atom. The Balaban J connectivity index is 1.79. The number of fused-ring (bicyclic) bond motifs is 1. The van der Waals surface area contributed by atoms with E-state index in [4.69, 9.17) is 4.74 Å².